The molecule has 0 unspecified atom stereocenters. The van der Waals surface area contributed by atoms with Crippen molar-refractivity contribution in [2.75, 3.05) is 40.8 Å². The van der Waals surface area contributed by atoms with Gasteiger partial charge in [0.2, 0.25) is 5.91 Å². The molecule has 1 aliphatic heterocycles. The second-order valence-corrected chi connectivity index (χ2v) is 9.72. The standard InChI is InChI=1S/C25H26FN3O4S/c1-19(25(30)27-21-9-11-22(12-10-21)28-15-17-33-18-16-28)29(23-5-3-2-4-6-23)34(31,32)24-13-7-20(26)8-14-24/h2-14,19H,15-18H2,1H3,(H,27,30)/t19-/m0/s1. The summed E-state index contributed by atoms with van der Waals surface area (Å²) in [5, 5.41) is 2.81. The van der Waals surface area contributed by atoms with Gasteiger partial charge in [0.05, 0.1) is 23.8 Å². The lowest BCUT2D eigenvalue weighted by Gasteiger charge is -2.30. The van der Waals surface area contributed by atoms with Gasteiger partial charge in [0.25, 0.3) is 10.0 Å². The zero-order valence-corrected chi connectivity index (χ0v) is 19.5. The van der Waals surface area contributed by atoms with Gasteiger partial charge in [-0.1, -0.05) is 18.2 Å². The number of benzene rings is 3. The number of para-hydroxylation sites is 1. The highest BCUT2D eigenvalue weighted by molar-refractivity contribution is 7.93. The van der Waals surface area contributed by atoms with E-state index in [0.717, 1.165) is 35.2 Å². The minimum atomic E-state index is -4.14. The Balaban J connectivity index is 1.57. The third-order valence-electron chi connectivity index (χ3n) is 5.62. The summed E-state index contributed by atoms with van der Waals surface area (Å²) in [5.74, 6) is -1.04. The molecule has 1 heterocycles. The number of morpholine rings is 1. The molecule has 0 bridgehead atoms. The number of sulfonamides is 1. The van der Waals surface area contributed by atoms with Crippen LogP contribution < -0.4 is 14.5 Å². The molecule has 0 saturated carbocycles. The molecular formula is C25H26FN3O4S. The van der Waals surface area contributed by atoms with E-state index in [1.165, 1.54) is 19.1 Å². The molecule has 0 aromatic heterocycles. The molecule has 1 N–H and O–H groups in total. The maximum Gasteiger partial charge on any atom is 0.265 e. The lowest BCUT2D eigenvalue weighted by atomic mass is 10.2. The highest BCUT2D eigenvalue weighted by Gasteiger charge is 2.33. The van der Waals surface area contributed by atoms with Gasteiger partial charge in [0.1, 0.15) is 11.9 Å². The van der Waals surface area contributed by atoms with Crippen molar-refractivity contribution in [3.05, 3.63) is 84.7 Å². The maximum absolute atomic E-state index is 13.5. The van der Waals surface area contributed by atoms with Crippen LogP contribution in [0.3, 0.4) is 0 Å². The predicted molar refractivity (Wildman–Crippen MR) is 130 cm³/mol. The largest absolute Gasteiger partial charge is 0.378 e. The van der Waals surface area contributed by atoms with Gasteiger partial charge < -0.3 is 15.0 Å². The van der Waals surface area contributed by atoms with Gasteiger partial charge in [-0.25, -0.2) is 12.8 Å². The smallest absolute Gasteiger partial charge is 0.265 e. The molecule has 0 spiro atoms. The first-order chi connectivity index (χ1) is 16.4. The van der Waals surface area contributed by atoms with Crippen molar-refractivity contribution in [3.63, 3.8) is 0 Å². The van der Waals surface area contributed by atoms with Crippen LogP contribution in [0.2, 0.25) is 0 Å². The number of rotatable bonds is 7. The molecular weight excluding hydrogens is 457 g/mol. The summed E-state index contributed by atoms with van der Waals surface area (Å²) in [6, 6.07) is 19.2. The molecule has 3 aromatic carbocycles. The molecule has 1 saturated heterocycles. The van der Waals surface area contributed by atoms with E-state index in [9.17, 15) is 17.6 Å². The highest BCUT2D eigenvalue weighted by Crippen LogP contribution is 2.27. The minimum Gasteiger partial charge on any atom is -0.378 e. The number of carbonyl (C=O) groups is 1. The lowest BCUT2D eigenvalue weighted by molar-refractivity contribution is -0.116. The van der Waals surface area contributed by atoms with Crippen LogP contribution in [-0.4, -0.2) is 46.7 Å². The van der Waals surface area contributed by atoms with Crippen LogP contribution in [0.15, 0.2) is 83.8 Å². The van der Waals surface area contributed by atoms with E-state index in [-0.39, 0.29) is 4.90 Å². The normalized spacial score (nSPS) is 14.9. The Labute approximate surface area is 198 Å². The van der Waals surface area contributed by atoms with Gasteiger partial charge in [-0.3, -0.25) is 9.10 Å². The fraction of sp³-hybridized carbons (Fsp3) is 0.240. The van der Waals surface area contributed by atoms with Gasteiger partial charge in [-0.15, -0.1) is 0 Å². The van der Waals surface area contributed by atoms with Crippen molar-refractivity contribution in [1.82, 2.24) is 0 Å². The summed E-state index contributed by atoms with van der Waals surface area (Å²) in [5.41, 5.74) is 1.91. The summed E-state index contributed by atoms with van der Waals surface area (Å²) in [4.78, 5) is 15.2. The van der Waals surface area contributed by atoms with Gasteiger partial charge in [0, 0.05) is 24.5 Å². The molecule has 1 atom stereocenters. The summed E-state index contributed by atoms with van der Waals surface area (Å²) >= 11 is 0. The maximum atomic E-state index is 13.5. The summed E-state index contributed by atoms with van der Waals surface area (Å²) in [7, 11) is -4.14. The average molecular weight is 484 g/mol. The van der Waals surface area contributed by atoms with Crippen LogP contribution in [0, 0.1) is 5.82 Å². The van der Waals surface area contributed by atoms with E-state index in [4.69, 9.17) is 4.74 Å². The van der Waals surface area contributed by atoms with E-state index in [1.807, 2.05) is 12.1 Å². The number of halogens is 1. The Morgan fingerprint density at radius 2 is 1.59 bits per heavy atom. The van der Waals surface area contributed by atoms with Crippen molar-refractivity contribution in [2.24, 2.45) is 0 Å². The molecule has 7 nitrogen and oxygen atoms in total. The van der Waals surface area contributed by atoms with Gasteiger partial charge in [0.15, 0.2) is 0 Å². The molecule has 34 heavy (non-hydrogen) atoms. The molecule has 0 aliphatic carbocycles. The highest BCUT2D eigenvalue weighted by atomic mass is 32.2. The minimum absolute atomic E-state index is 0.104. The topological polar surface area (TPSA) is 79.0 Å². The summed E-state index contributed by atoms with van der Waals surface area (Å²) in [6.45, 7) is 4.47. The molecule has 1 fully saturated rings. The fourth-order valence-corrected chi connectivity index (χ4v) is 5.41. The Kier molecular flexibility index (Phi) is 7.14. The van der Waals surface area contributed by atoms with Crippen LogP contribution in [0.1, 0.15) is 6.92 Å². The van der Waals surface area contributed by atoms with E-state index in [2.05, 4.69) is 10.2 Å². The number of hydrogen-bond donors (Lipinski definition) is 1. The van der Waals surface area contributed by atoms with Gasteiger partial charge >= 0.3 is 0 Å². The first-order valence-corrected chi connectivity index (χ1v) is 12.4. The zero-order valence-electron chi connectivity index (χ0n) is 18.7. The van der Waals surface area contributed by atoms with Crippen LogP contribution in [0.25, 0.3) is 0 Å². The van der Waals surface area contributed by atoms with Crippen molar-refractivity contribution in [3.8, 4) is 0 Å². The second-order valence-electron chi connectivity index (χ2n) is 7.90. The third-order valence-corrected chi connectivity index (χ3v) is 7.54. The first kappa shape index (κ1) is 23.7. The number of ether oxygens (including phenoxy) is 1. The van der Waals surface area contributed by atoms with E-state index < -0.39 is 27.8 Å². The van der Waals surface area contributed by atoms with Crippen LogP contribution >= 0.6 is 0 Å². The Morgan fingerprint density at radius 1 is 0.971 bits per heavy atom. The number of amides is 1. The average Bonchev–Trinajstić information content (AvgIpc) is 2.86. The molecule has 1 amide bonds. The molecule has 1 aliphatic rings. The number of hydrogen-bond acceptors (Lipinski definition) is 5. The third kappa shape index (κ3) is 5.21. The molecule has 0 radical (unpaired) electrons. The Bertz CT molecular complexity index is 1210. The summed E-state index contributed by atoms with van der Waals surface area (Å²) < 4.78 is 46.8. The van der Waals surface area contributed by atoms with Crippen molar-refractivity contribution >= 4 is 33.0 Å². The molecule has 4 rings (SSSR count). The predicted octanol–water partition coefficient (Wildman–Crippen LogP) is 3.88. The van der Waals surface area contributed by atoms with E-state index in [0.29, 0.717) is 24.6 Å². The monoisotopic (exact) mass is 483 g/mol. The van der Waals surface area contributed by atoms with Crippen LogP contribution in [-0.2, 0) is 19.6 Å². The number of carbonyl (C=O) groups excluding carboxylic acids is 1. The lowest BCUT2D eigenvalue weighted by Crippen LogP contribution is -2.45. The number of anilines is 3. The number of nitrogens with one attached hydrogen (secondary N) is 1. The molecule has 178 valence electrons. The van der Waals surface area contributed by atoms with Crippen LogP contribution in [0.4, 0.5) is 21.5 Å². The van der Waals surface area contributed by atoms with Crippen molar-refractivity contribution in [1.29, 1.82) is 0 Å². The van der Waals surface area contributed by atoms with Crippen molar-refractivity contribution < 1.29 is 22.3 Å². The fourth-order valence-electron chi connectivity index (χ4n) is 3.80. The Hall–Kier alpha value is -3.43. The second kappa shape index (κ2) is 10.2. The van der Waals surface area contributed by atoms with Gasteiger partial charge in [-0.05, 0) is 67.6 Å². The van der Waals surface area contributed by atoms with E-state index >= 15 is 0 Å². The SMILES string of the molecule is C[C@@H](C(=O)Nc1ccc(N2CCOCC2)cc1)N(c1ccccc1)S(=O)(=O)c1ccc(F)cc1. The molecule has 3 aromatic rings. The summed E-state index contributed by atoms with van der Waals surface area (Å²) in [6.07, 6.45) is 0. The van der Waals surface area contributed by atoms with Crippen molar-refractivity contribution in [2.45, 2.75) is 17.9 Å². The number of nitrogens with zero attached hydrogens (tertiary/aromatic N) is 2. The van der Waals surface area contributed by atoms with E-state index in [1.54, 1.807) is 42.5 Å². The quantitative estimate of drug-likeness (QED) is 0.552. The van der Waals surface area contributed by atoms with Gasteiger partial charge in [-0.2, -0.15) is 0 Å². The first-order valence-electron chi connectivity index (χ1n) is 10.9. The molecule has 9 heteroatoms. The zero-order chi connectivity index (χ0) is 24.1. The van der Waals surface area contributed by atoms with Crippen LogP contribution in [0.5, 0.6) is 0 Å². The Morgan fingerprint density at radius 3 is 2.21 bits per heavy atom.